The molecule has 1 heterocycles. The molecule has 4 nitrogen and oxygen atoms in total. The third-order valence-electron chi connectivity index (χ3n) is 3.95. The van der Waals surface area contributed by atoms with Crippen molar-refractivity contribution in [3.63, 3.8) is 0 Å². The van der Waals surface area contributed by atoms with Crippen molar-refractivity contribution in [2.75, 3.05) is 18.5 Å². The Morgan fingerprint density at radius 3 is 2.94 bits per heavy atom. The molecule has 0 amide bonds. The van der Waals surface area contributed by atoms with Gasteiger partial charge in [0.05, 0.1) is 17.4 Å². The van der Waals surface area contributed by atoms with E-state index in [2.05, 4.69) is 35.1 Å². The van der Waals surface area contributed by atoms with E-state index in [0.717, 1.165) is 30.8 Å². The van der Waals surface area contributed by atoms with E-state index >= 15 is 0 Å². The van der Waals surface area contributed by atoms with Gasteiger partial charge in [0.15, 0.2) is 0 Å². The van der Waals surface area contributed by atoms with Gasteiger partial charge in [-0.25, -0.2) is 4.98 Å². The van der Waals surface area contributed by atoms with E-state index in [0.29, 0.717) is 6.04 Å². The third-order valence-corrected chi connectivity index (χ3v) is 3.95. The topological polar surface area (TPSA) is 47.1 Å². The molecule has 3 rings (SSSR count). The van der Waals surface area contributed by atoms with Crippen molar-refractivity contribution in [1.82, 2.24) is 9.55 Å². The average Bonchev–Trinajstić information content (AvgIpc) is 2.68. The summed E-state index contributed by atoms with van der Waals surface area (Å²) in [5.41, 5.74) is 9.31. The standard InChI is InChI=1S/C14H20N4/c1-17(8-10-5-11(15)6-10)12-3-4-14-13(7-12)16-9-18(14)2/h3-4,7,9-11H,5-6,8,15H2,1-2H3. The number of nitrogens with zero attached hydrogens (tertiary/aromatic N) is 3. The minimum atomic E-state index is 0.432. The number of aromatic nitrogens is 2. The minimum absolute atomic E-state index is 0.432. The number of nitrogens with two attached hydrogens (primary N) is 1. The number of hydrogen-bond acceptors (Lipinski definition) is 3. The molecule has 1 fully saturated rings. The summed E-state index contributed by atoms with van der Waals surface area (Å²) in [4.78, 5) is 6.71. The summed E-state index contributed by atoms with van der Waals surface area (Å²) < 4.78 is 2.05. The number of rotatable bonds is 3. The van der Waals surface area contributed by atoms with Gasteiger partial charge in [-0.3, -0.25) is 0 Å². The highest BCUT2D eigenvalue weighted by atomic mass is 15.1. The van der Waals surface area contributed by atoms with Crippen molar-refractivity contribution in [2.45, 2.75) is 18.9 Å². The van der Waals surface area contributed by atoms with Crippen LogP contribution in [0.1, 0.15) is 12.8 Å². The van der Waals surface area contributed by atoms with Crippen LogP contribution < -0.4 is 10.6 Å². The lowest BCUT2D eigenvalue weighted by molar-refractivity contribution is 0.271. The smallest absolute Gasteiger partial charge is 0.0955 e. The van der Waals surface area contributed by atoms with E-state index in [-0.39, 0.29) is 0 Å². The van der Waals surface area contributed by atoms with Crippen molar-refractivity contribution in [2.24, 2.45) is 18.7 Å². The predicted octanol–water partition coefficient (Wildman–Crippen LogP) is 1.75. The first-order chi connectivity index (χ1) is 8.63. The van der Waals surface area contributed by atoms with E-state index in [1.54, 1.807) is 0 Å². The second-order valence-corrected chi connectivity index (χ2v) is 5.51. The third kappa shape index (κ3) is 1.97. The summed E-state index contributed by atoms with van der Waals surface area (Å²) in [6, 6.07) is 6.90. The van der Waals surface area contributed by atoms with Crippen LogP contribution in [-0.2, 0) is 7.05 Å². The molecule has 0 bridgehead atoms. The molecule has 0 saturated heterocycles. The first kappa shape index (κ1) is 11.5. The highest BCUT2D eigenvalue weighted by Gasteiger charge is 2.26. The molecular formula is C14H20N4. The summed E-state index contributed by atoms with van der Waals surface area (Å²) in [6.45, 7) is 1.09. The number of imidazole rings is 1. The maximum atomic E-state index is 5.83. The van der Waals surface area contributed by atoms with Gasteiger partial charge in [0.2, 0.25) is 0 Å². The molecule has 96 valence electrons. The monoisotopic (exact) mass is 244 g/mol. The quantitative estimate of drug-likeness (QED) is 0.894. The lowest BCUT2D eigenvalue weighted by Gasteiger charge is -2.36. The van der Waals surface area contributed by atoms with E-state index < -0.39 is 0 Å². The Labute approximate surface area is 107 Å². The molecule has 18 heavy (non-hydrogen) atoms. The van der Waals surface area contributed by atoms with Crippen LogP contribution in [0.4, 0.5) is 5.69 Å². The molecule has 0 spiro atoms. The van der Waals surface area contributed by atoms with Crippen molar-refractivity contribution < 1.29 is 0 Å². The molecule has 1 aliphatic carbocycles. The first-order valence-electron chi connectivity index (χ1n) is 6.51. The van der Waals surface area contributed by atoms with Gasteiger partial charge in [-0.1, -0.05) is 0 Å². The van der Waals surface area contributed by atoms with Crippen LogP contribution in [0, 0.1) is 5.92 Å². The molecule has 0 atom stereocenters. The molecule has 2 aromatic rings. The van der Waals surface area contributed by atoms with Crippen LogP contribution in [0.5, 0.6) is 0 Å². The molecule has 1 aromatic heterocycles. The van der Waals surface area contributed by atoms with E-state index in [4.69, 9.17) is 5.73 Å². The summed E-state index contributed by atoms with van der Waals surface area (Å²) >= 11 is 0. The zero-order valence-electron chi connectivity index (χ0n) is 11.0. The van der Waals surface area contributed by atoms with Crippen molar-refractivity contribution in [3.05, 3.63) is 24.5 Å². The van der Waals surface area contributed by atoms with Gasteiger partial charge in [-0.05, 0) is 37.0 Å². The molecule has 0 unspecified atom stereocenters. The first-order valence-corrected chi connectivity index (χ1v) is 6.51. The van der Waals surface area contributed by atoms with Gasteiger partial charge in [0.25, 0.3) is 0 Å². The number of benzene rings is 1. The molecule has 4 heteroatoms. The Kier molecular flexibility index (Phi) is 2.74. The molecule has 1 saturated carbocycles. The highest BCUT2D eigenvalue weighted by Crippen LogP contribution is 2.28. The van der Waals surface area contributed by atoms with Gasteiger partial charge in [-0.15, -0.1) is 0 Å². The second-order valence-electron chi connectivity index (χ2n) is 5.51. The maximum Gasteiger partial charge on any atom is 0.0955 e. The molecule has 2 N–H and O–H groups in total. The van der Waals surface area contributed by atoms with Crippen LogP contribution in [0.25, 0.3) is 11.0 Å². The average molecular weight is 244 g/mol. The molecular weight excluding hydrogens is 224 g/mol. The Balaban J connectivity index is 1.76. The van der Waals surface area contributed by atoms with E-state index in [1.165, 1.54) is 11.2 Å². The van der Waals surface area contributed by atoms with Crippen LogP contribution in [0.3, 0.4) is 0 Å². The Morgan fingerprint density at radius 2 is 2.22 bits per heavy atom. The van der Waals surface area contributed by atoms with Crippen molar-refractivity contribution in [1.29, 1.82) is 0 Å². The SMILES string of the molecule is CN(CC1CC(N)C1)c1ccc2c(c1)ncn2C. The number of anilines is 1. The predicted molar refractivity (Wildman–Crippen MR) is 74.7 cm³/mol. The van der Waals surface area contributed by atoms with E-state index in [9.17, 15) is 0 Å². The molecule has 1 aromatic carbocycles. The summed E-state index contributed by atoms with van der Waals surface area (Å²) in [7, 11) is 4.17. The zero-order valence-corrected chi connectivity index (χ0v) is 11.0. The van der Waals surface area contributed by atoms with Gasteiger partial charge >= 0.3 is 0 Å². The van der Waals surface area contributed by atoms with Crippen LogP contribution in [0.15, 0.2) is 24.5 Å². The van der Waals surface area contributed by atoms with Gasteiger partial charge in [-0.2, -0.15) is 0 Å². The van der Waals surface area contributed by atoms with E-state index in [1.807, 2.05) is 17.9 Å². The van der Waals surface area contributed by atoms with Gasteiger partial charge in [0, 0.05) is 32.4 Å². The largest absolute Gasteiger partial charge is 0.374 e. The molecule has 0 aliphatic heterocycles. The fourth-order valence-electron chi connectivity index (χ4n) is 2.79. The van der Waals surface area contributed by atoms with Gasteiger partial charge < -0.3 is 15.2 Å². The fraction of sp³-hybridized carbons (Fsp3) is 0.500. The number of hydrogen-bond donors (Lipinski definition) is 1. The molecule has 1 aliphatic rings. The maximum absolute atomic E-state index is 5.83. The second kappa shape index (κ2) is 4.28. The lowest BCUT2D eigenvalue weighted by Crippen LogP contribution is -2.41. The summed E-state index contributed by atoms with van der Waals surface area (Å²) in [6.07, 6.45) is 4.19. The van der Waals surface area contributed by atoms with Crippen molar-refractivity contribution >= 4 is 16.7 Å². The zero-order chi connectivity index (χ0) is 12.7. The Morgan fingerprint density at radius 1 is 1.44 bits per heavy atom. The van der Waals surface area contributed by atoms with Gasteiger partial charge in [0.1, 0.15) is 0 Å². The number of fused-ring (bicyclic) bond motifs is 1. The summed E-state index contributed by atoms with van der Waals surface area (Å²) in [5.74, 6) is 0.754. The number of aryl methyl sites for hydroxylation is 1. The van der Waals surface area contributed by atoms with Crippen molar-refractivity contribution in [3.8, 4) is 0 Å². The lowest BCUT2D eigenvalue weighted by atomic mass is 9.80. The van der Waals surface area contributed by atoms with Crippen LogP contribution in [0.2, 0.25) is 0 Å². The summed E-state index contributed by atoms with van der Waals surface area (Å²) in [5, 5.41) is 0. The Hall–Kier alpha value is -1.55. The molecule has 0 radical (unpaired) electrons. The van der Waals surface area contributed by atoms with Crippen LogP contribution in [-0.4, -0.2) is 29.2 Å². The minimum Gasteiger partial charge on any atom is -0.374 e. The van der Waals surface area contributed by atoms with Crippen LogP contribution >= 0.6 is 0 Å². The highest BCUT2D eigenvalue weighted by molar-refractivity contribution is 5.79. The fourth-order valence-corrected chi connectivity index (χ4v) is 2.79. The normalized spacial score (nSPS) is 23.1. The Bertz CT molecular complexity index is 554.